The number of hydrogen-bond acceptors (Lipinski definition) is 2. The summed E-state index contributed by atoms with van der Waals surface area (Å²) in [6.45, 7) is 3.75. The third-order valence-corrected chi connectivity index (χ3v) is 3.16. The summed E-state index contributed by atoms with van der Waals surface area (Å²) in [7, 11) is 4.41. The number of quaternary nitrogens is 2. The van der Waals surface area contributed by atoms with Crippen molar-refractivity contribution in [3.63, 3.8) is 0 Å². The molecule has 1 unspecified atom stereocenters. The van der Waals surface area contributed by atoms with E-state index in [0.717, 1.165) is 0 Å². The zero-order chi connectivity index (χ0) is 8.81. The van der Waals surface area contributed by atoms with Gasteiger partial charge in [0, 0.05) is 18.7 Å². The Kier molecular flexibility index (Phi) is 12.7. The second-order valence-corrected chi connectivity index (χ2v) is 4.83. The van der Waals surface area contributed by atoms with Gasteiger partial charge in [-0.3, -0.25) is 5.32 Å². The Morgan fingerprint density at radius 1 is 1.43 bits per heavy atom. The van der Waals surface area contributed by atoms with E-state index in [-0.39, 0.29) is 24.8 Å². The van der Waals surface area contributed by atoms with Crippen LogP contribution in [0.5, 0.6) is 0 Å². The fourth-order valence-corrected chi connectivity index (χ4v) is 2.50. The number of hydrogen-bond donors (Lipinski definition) is 3. The van der Waals surface area contributed by atoms with Gasteiger partial charge in [0.1, 0.15) is 0 Å². The van der Waals surface area contributed by atoms with E-state index in [4.69, 9.17) is 0 Å². The number of halogens is 2. The van der Waals surface area contributed by atoms with Crippen LogP contribution in [0, 0.1) is 0 Å². The Hall–Kier alpha value is 0.810. The molecule has 1 atom stereocenters. The maximum Gasteiger partial charge on any atom is 0.188 e. The van der Waals surface area contributed by atoms with E-state index in [1.54, 1.807) is 4.90 Å². The fraction of sp³-hybridized carbons (Fsp3) is 1.00. The molecule has 88 valence electrons. The first-order chi connectivity index (χ1) is 5.79. The first-order valence-corrected chi connectivity index (χ1v) is 5.81. The van der Waals surface area contributed by atoms with Crippen LogP contribution in [0.4, 0.5) is 0 Å². The summed E-state index contributed by atoms with van der Waals surface area (Å²) >= 11 is 2.04. The summed E-state index contributed by atoms with van der Waals surface area (Å²) in [5.41, 5.74) is 0.623. The van der Waals surface area contributed by atoms with Gasteiger partial charge in [0.25, 0.3) is 0 Å². The second kappa shape index (κ2) is 10.3. The minimum atomic E-state index is 0. The molecule has 3 nitrogen and oxygen atoms in total. The smallest absolute Gasteiger partial charge is 0.188 e. The lowest BCUT2D eigenvalue weighted by molar-refractivity contribution is -0.855. The van der Waals surface area contributed by atoms with Crippen LogP contribution in [0.1, 0.15) is 6.42 Å². The summed E-state index contributed by atoms with van der Waals surface area (Å²) in [5.74, 6) is 1.26. The SMILES string of the molecule is C[NH+](C)CCSC1NCCC[NH2+]1.[Cl-].[Cl-]. The largest absolute Gasteiger partial charge is 1.00 e. The lowest BCUT2D eigenvalue weighted by Crippen LogP contribution is -3.06. The van der Waals surface area contributed by atoms with E-state index in [1.165, 1.54) is 31.8 Å². The third kappa shape index (κ3) is 8.15. The predicted octanol–water partition coefficient (Wildman–Crippen LogP) is -8.29. The minimum Gasteiger partial charge on any atom is -1.00 e. The molecule has 1 heterocycles. The molecule has 0 aliphatic carbocycles. The lowest BCUT2D eigenvalue weighted by Gasteiger charge is -2.21. The summed E-state index contributed by atoms with van der Waals surface area (Å²) in [5, 5.41) is 5.89. The van der Waals surface area contributed by atoms with Gasteiger partial charge in [-0.1, -0.05) is 11.8 Å². The molecular weight excluding hydrogens is 241 g/mol. The zero-order valence-electron chi connectivity index (χ0n) is 8.85. The Morgan fingerprint density at radius 3 is 2.64 bits per heavy atom. The number of nitrogens with one attached hydrogen (secondary N) is 2. The molecule has 0 aromatic carbocycles. The predicted molar refractivity (Wildman–Crippen MR) is 53.3 cm³/mol. The summed E-state index contributed by atoms with van der Waals surface area (Å²) < 4.78 is 0. The molecule has 0 aromatic rings. The van der Waals surface area contributed by atoms with Crippen LogP contribution >= 0.6 is 11.8 Å². The third-order valence-electron chi connectivity index (χ3n) is 2.01. The normalized spacial score (nSPS) is 21.2. The van der Waals surface area contributed by atoms with Crippen molar-refractivity contribution < 1.29 is 35.0 Å². The first-order valence-electron chi connectivity index (χ1n) is 4.76. The van der Waals surface area contributed by atoms with E-state index in [0.29, 0.717) is 5.50 Å². The minimum absolute atomic E-state index is 0. The van der Waals surface area contributed by atoms with Gasteiger partial charge in [-0.15, -0.1) is 0 Å². The van der Waals surface area contributed by atoms with Crippen molar-refractivity contribution in [2.75, 3.05) is 39.5 Å². The van der Waals surface area contributed by atoms with Crippen molar-refractivity contribution in [2.45, 2.75) is 11.9 Å². The molecule has 14 heavy (non-hydrogen) atoms. The highest BCUT2D eigenvalue weighted by Crippen LogP contribution is 2.00. The van der Waals surface area contributed by atoms with Gasteiger partial charge in [0.2, 0.25) is 0 Å². The standard InChI is InChI=1S/C8H19N3S.2ClH/c1-11(2)6-7-12-8-9-4-3-5-10-8;;/h8-10H,3-7H2,1-2H3;2*1H. The molecule has 0 radical (unpaired) electrons. The highest BCUT2D eigenvalue weighted by atomic mass is 35.5. The van der Waals surface area contributed by atoms with Crippen LogP contribution in [0.25, 0.3) is 0 Å². The molecule has 1 aliphatic heterocycles. The maximum atomic E-state index is 3.49. The Balaban J connectivity index is 0. The van der Waals surface area contributed by atoms with Crippen molar-refractivity contribution in [3.8, 4) is 0 Å². The van der Waals surface area contributed by atoms with Crippen molar-refractivity contribution >= 4 is 11.8 Å². The van der Waals surface area contributed by atoms with E-state index in [9.17, 15) is 0 Å². The van der Waals surface area contributed by atoms with Crippen molar-refractivity contribution in [1.82, 2.24) is 5.32 Å². The van der Waals surface area contributed by atoms with Crippen LogP contribution in [0.2, 0.25) is 0 Å². The van der Waals surface area contributed by atoms with Gasteiger partial charge < -0.3 is 35.0 Å². The average Bonchev–Trinajstić information content (AvgIpc) is 2.05. The van der Waals surface area contributed by atoms with Crippen molar-refractivity contribution in [2.24, 2.45) is 0 Å². The highest BCUT2D eigenvalue weighted by molar-refractivity contribution is 7.99. The summed E-state index contributed by atoms with van der Waals surface area (Å²) in [4.78, 5) is 1.54. The molecule has 0 spiro atoms. The Labute approximate surface area is 104 Å². The van der Waals surface area contributed by atoms with E-state index < -0.39 is 0 Å². The molecular formula is C8H21Cl2N3S. The fourth-order valence-electron chi connectivity index (χ4n) is 1.22. The van der Waals surface area contributed by atoms with Crippen molar-refractivity contribution in [3.05, 3.63) is 0 Å². The first kappa shape index (κ1) is 17.2. The molecule has 6 heteroatoms. The van der Waals surface area contributed by atoms with Gasteiger partial charge in [-0.05, 0) is 0 Å². The number of thioether (sulfide) groups is 1. The molecule has 0 bridgehead atoms. The monoisotopic (exact) mass is 261 g/mol. The molecule has 1 saturated heterocycles. The quantitative estimate of drug-likeness (QED) is 0.470. The molecule has 0 saturated carbocycles. The molecule has 4 N–H and O–H groups in total. The maximum absolute atomic E-state index is 3.49. The lowest BCUT2D eigenvalue weighted by atomic mass is 10.4. The van der Waals surface area contributed by atoms with Gasteiger partial charge in [0.05, 0.1) is 27.2 Å². The number of nitrogens with two attached hydrogens (primary N) is 1. The van der Waals surface area contributed by atoms with E-state index in [2.05, 4.69) is 24.7 Å². The molecule has 0 amide bonds. The van der Waals surface area contributed by atoms with Crippen LogP contribution in [0.15, 0.2) is 0 Å². The van der Waals surface area contributed by atoms with E-state index >= 15 is 0 Å². The average molecular weight is 262 g/mol. The van der Waals surface area contributed by atoms with Crippen LogP contribution in [-0.2, 0) is 0 Å². The molecule has 0 aromatic heterocycles. The molecule has 1 rings (SSSR count). The van der Waals surface area contributed by atoms with Crippen LogP contribution in [0.3, 0.4) is 0 Å². The number of rotatable bonds is 4. The molecule has 1 fully saturated rings. The van der Waals surface area contributed by atoms with Gasteiger partial charge in [-0.2, -0.15) is 0 Å². The Morgan fingerprint density at radius 2 is 2.14 bits per heavy atom. The van der Waals surface area contributed by atoms with Gasteiger partial charge in [0.15, 0.2) is 5.50 Å². The van der Waals surface area contributed by atoms with Crippen LogP contribution in [-0.4, -0.2) is 45.0 Å². The highest BCUT2D eigenvalue weighted by Gasteiger charge is 2.15. The summed E-state index contributed by atoms with van der Waals surface area (Å²) in [6, 6.07) is 0. The summed E-state index contributed by atoms with van der Waals surface area (Å²) in [6.07, 6.45) is 1.32. The molecule has 1 aliphatic rings. The second-order valence-electron chi connectivity index (χ2n) is 3.58. The topological polar surface area (TPSA) is 33.1 Å². The zero-order valence-corrected chi connectivity index (χ0v) is 11.2. The van der Waals surface area contributed by atoms with Crippen molar-refractivity contribution in [1.29, 1.82) is 0 Å². The Bertz CT molecular complexity index is 121. The van der Waals surface area contributed by atoms with Gasteiger partial charge >= 0.3 is 0 Å². The van der Waals surface area contributed by atoms with E-state index in [1.807, 2.05) is 11.8 Å². The van der Waals surface area contributed by atoms with Gasteiger partial charge in [-0.25, -0.2) is 0 Å². The van der Waals surface area contributed by atoms with Crippen LogP contribution < -0.4 is 40.3 Å².